The van der Waals surface area contributed by atoms with Gasteiger partial charge in [0.15, 0.2) is 5.96 Å². The number of carbonyl (C=O) groups excluding carboxylic acids is 1. The van der Waals surface area contributed by atoms with Crippen LogP contribution in [0.3, 0.4) is 0 Å². The van der Waals surface area contributed by atoms with Gasteiger partial charge in [-0.3, -0.25) is 4.79 Å². The Morgan fingerprint density at radius 1 is 1.00 bits per heavy atom. The molecule has 2 aromatic carbocycles. The Hall–Kier alpha value is -2.29. The van der Waals surface area contributed by atoms with Gasteiger partial charge in [-0.15, -0.1) is 24.0 Å². The van der Waals surface area contributed by atoms with E-state index in [4.69, 9.17) is 4.74 Å². The lowest BCUT2D eigenvalue weighted by atomic mass is 10.1. The van der Waals surface area contributed by atoms with Crippen LogP contribution in [-0.2, 0) is 17.8 Å². The molecule has 0 fully saturated rings. The number of hydrogen-bond acceptors (Lipinski definition) is 3. The third-order valence-corrected chi connectivity index (χ3v) is 3.94. The van der Waals surface area contributed by atoms with Crippen LogP contribution in [0, 0.1) is 0 Å². The summed E-state index contributed by atoms with van der Waals surface area (Å²) in [6.45, 7) is 3.95. The fourth-order valence-corrected chi connectivity index (χ4v) is 2.56. The predicted molar refractivity (Wildman–Crippen MR) is 124 cm³/mol. The smallest absolute Gasteiger partial charge is 0.239 e. The summed E-state index contributed by atoms with van der Waals surface area (Å²) in [4.78, 5) is 16.6. The van der Waals surface area contributed by atoms with Crippen LogP contribution < -0.4 is 20.7 Å². The molecule has 0 saturated carbocycles. The summed E-state index contributed by atoms with van der Waals surface area (Å²) in [5.41, 5.74) is 2.20. The maximum Gasteiger partial charge on any atom is 0.239 e. The maximum absolute atomic E-state index is 12.0. The molecule has 2 rings (SSSR count). The zero-order valence-corrected chi connectivity index (χ0v) is 18.7. The quantitative estimate of drug-likeness (QED) is 0.284. The highest BCUT2D eigenvalue weighted by Crippen LogP contribution is 2.17. The topological polar surface area (TPSA) is 74.8 Å². The van der Waals surface area contributed by atoms with Gasteiger partial charge in [0.2, 0.25) is 5.91 Å². The third-order valence-electron chi connectivity index (χ3n) is 3.94. The van der Waals surface area contributed by atoms with E-state index < -0.39 is 0 Å². The van der Waals surface area contributed by atoms with Gasteiger partial charge >= 0.3 is 0 Å². The molecule has 0 spiro atoms. The van der Waals surface area contributed by atoms with E-state index >= 15 is 0 Å². The highest BCUT2D eigenvalue weighted by Gasteiger charge is 2.05. The average molecular weight is 496 g/mol. The van der Waals surface area contributed by atoms with E-state index in [0.717, 1.165) is 17.7 Å². The summed E-state index contributed by atoms with van der Waals surface area (Å²) in [5.74, 6) is 1.34. The Balaban J connectivity index is 0.00000392. The molecule has 0 saturated heterocycles. The van der Waals surface area contributed by atoms with E-state index in [-0.39, 0.29) is 36.4 Å². The van der Waals surface area contributed by atoms with Crippen LogP contribution in [0.2, 0.25) is 0 Å². The molecule has 0 aliphatic carbocycles. The lowest BCUT2D eigenvalue weighted by molar-refractivity contribution is -0.119. The van der Waals surface area contributed by atoms with Crippen molar-refractivity contribution in [3.05, 3.63) is 65.7 Å². The fourth-order valence-electron chi connectivity index (χ4n) is 2.56. The lowest BCUT2D eigenvalue weighted by Gasteiger charge is -2.12. The van der Waals surface area contributed by atoms with Crippen LogP contribution >= 0.6 is 24.0 Å². The molecule has 1 amide bonds. The minimum Gasteiger partial charge on any atom is -0.496 e. The summed E-state index contributed by atoms with van der Waals surface area (Å²) >= 11 is 0. The van der Waals surface area contributed by atoms with Crippen molar-refractivity contribution in [2.45, 2.75) is 19.9 Å². The molecule has 0 atom stereocenters. The van der Waals surface area contributed by atoms with Gasteiger partial charge in [-0.2, -0.15) is 0 Å². The normalized spacial score (nSPS) is 10.6. The summed E-state index contributed by atoms with van der Waals surface area (Å²) < 4.78 is 5.34. The molecular weight excluding hydrogens is 467 g/mol. The van der Waals surface area contributed by atoms with Crippen molar-refractivity contribution < 1.29 is 9.53 Å². The standard InChI is InChI=1S/C21H28N4O2.HI/c1-3-22-21(24-15-18-11-7-8-12-19(18)27-2)25-16-20(26)23-14-13-17-9-5-4-6-10-17;/h4-12H,3,13-16H2,1-2H3,(H,23,26)(H2,22,24,25);1H. The lowest BCUT2D eigenvalue weighted by Crippen LogP contribution is -2.43. The van der Waals surface area contributed by atoms with E-state index in [1.165, 1.54) is 5.56 Å². The first-order chi connectivity index (χ1) is 13.2. The molecule has 0 aliphatic rings. The molecule has 0 radical (unpaired) electrons. The summed E-state index contributed by atoms with van der Waals surface area (Å²) in [6, 6.07) is 17.9. The van der Waals surface area contributed by atoms with Gasteiger partial charge in [0.25, 0.3) is 0 Å². The fraction of sp³-hybridized carbons (Fsp3) is 0.333. The molecule has 0 bridgehead atoms. The Labute approximate surface area is 184 Å². The first-order valence-corrected chi connectivity index (χ1v) is 9.17. The molecule has 0 aromatic heterocycles. The van der Waals surface area contributed by atoms with Gasteiger partial charge in [0.05, 0.1) is 20.2 Å². The number of aliphatic imine (C=N–C) groups is 1. The summed E-state index contributed by atoms with van der Waals surface area (Å²) in [6.07, 6.45) is 0.814. The number of halogens is 1. The van der Waals surface area contributed by atoms with Crippen LogP contribution in [0.15, 0.2) is 59.6 Å². The monoisotopic (exact) mass is 496 g/mol. The summed E-state index contributed by atoms with van der Waals surface area (Å²) in [5, 5.41) is 9.13. The number of benzene rings is 2. The van der Waals surface area contributed by atoms with E-state index in [2.05, 4.69) is 33.1 Å². The SMILES string of the molecule is CCNC(=NCc1ccccc1OC)NCC(=O)NCCc1ccccc1.I. The first kappa shape index (κ1) is 23.7. The van der Waals surface area contributed by atoms with Gasteiger partial charge in [-0.1, -0.05) is 48.5 Å². The Morgan fingerprint density at radius 3 is 2.43 bits per heavy atom. The molecule has 0 heterocycles. The predicted octanol–water partition coefficient (Wildman–Crippen LogP) is 2.73. The van der Waals surface area contributed by atoms with E-state index in [0.29, 0.717) is 25.6 Å². The van der Waals surface area contributed by atoms with Crippen molar-refractivity contribution in [3.63, 3.8) is 0 Å². The van der Waals surface area contributed by atoms with E-state index in [1.807, 2.05) is 49.4 Å². The van der Waals surface area contributed by atoms with E-state index in [9.17, 15) is 4.79 Å². The highest BCUT2D eigenvalue weighted by molar-refractivity contribution is 14.0. The second-order valence-electron chi connectivity index (χ2n) is 5.95. The number of nitrogens with zero attached hydrogens (tertiary/aromatic N) is 1. The molecule has 3 N–H and O–H groups in total. The number of guanidine groups is 1. The van der Waals surface area contributed by atoms with Gasteiger partial charge in [-0.05, 0) is 25.0 Å². The minimum atomic E-state index is -0.0613. The minimum absolute atomic E-state index is 0. The number of nitrogens with one attached hydrogen (secondary N) is 3. The van der Waals surface area contributed by atoms with Gasteiger partial charge in [0, 0.05) is 18.7 Å². The number of carbonyl (C=O) groups is 1. The van der Waals surface area contributed by atoms with Crippen LogP contribution in [0.5, 0.6) is 5.75 Å². The van der Waals surface area contributed by atoms with Crippen LogP contribution in [0.4, 0.5) is 0 Å². The summed E-state index contributed by atoms with van der Waals surface area (Å²) in [7, 11) is 1.64. The third kappa shape index (κ3) is 8.60. The molecule has 7 heteroatoms. The Kier molecular flexibility index (Phi) is 11.7. The van der Waals surface area contributed by atoms with Crippen molar-refractivity contribution >= 4 is 35.8 Å². The number of amides is 1. The molecule has 6 nitrogen and oxygen atoms in total. The molecule has 2 aromatic rings. The number of para-hydroxylation sites is 1. The van der Waals surface area contributed by atoms with Gasteiger partial charge < -0.3 is 20.7 Å². The molecule has 28 heavy (non-hydrogen) atoms. The number of hydrogen-bond donors (Lipinski definition) is 3. The molecular formula is C21H29IN4O2. The van der Waals surface area contributed by atoms with Crippen molar-refractivity contribution in [2.75, 3.05) is 26.7 Å². The Bertz CT molecular complexity index is 738. The number of methoxy groups -OCH3 is 1. The van der Waals surface area contributed by atoms with Crippen molar-refractivity contribution in [3.8, 4) is 5.75 Å². The number of rotatable bonds is 9. The molecule has 152 valence electrons. The van der Waals surface area contributed by atoms with Crippen LogP contribution in [0.1, 0.15) is 18.1 Å². The molecule has 0 unspecified atom stereocenters. The second kappa shape index (κ2) is 13.8. The first-order valence-electron chi connectivity index (χ1n) is 9.17. The zero-order valence-electron chi connectivity index (χ0n) is 16.4. The van der Waals surface area contributed by atoms with Gasteiger partial charge in [0.1, 0.15) is 5.75 Å². The highest BCUT2D eigenvalue weighted by atomic mass is 127. The van der Waals surface area contributed by atoms with E-state index in [1.54, 1.807) is 7.11 Å². The average Bonchev–Trinajstić information content (AvgIpc) is 2.71. The van der Waals surface area contributed by atoms with Crippen molar-refractivity contribution in [1.29, 1.82) is 0 Å². The second-order valence-corrected chi connectivity index (χ2v) is 5.95. The van der Waals surface area contributed by atoms with Crippen molar-refractivity contribution in [2.24, 2.45) is 4.99 Å². The Morgan fingerprint density at radius 2 is 1.71 bits per heavy atom. The van der Waals surface area contributed by atoms with Crippen LogP contribution in [0.25, 0.3) is 0 Å². The molecule has 0 aliphatic heterocycles. The van der Waals surface area contributed by atoms with Crippen LogP contribution in [-0.4, -0.2) is 38.6 Å². The number of ether oxygens (including phenoxy) is 1. The zero-order chi connectivity index (χ0) is 19.3. The van der Waals surface area contributed by atoms with Gasteiger partial charge in [-0.25, -0.2) is 4.99 Å². The maximum atomic E-state index is 12.0. The van der Waals surface area contributed by atoms with Crippen molar-refractivity contribution in [1.82, 2.24) is 16.0 Å². The largest absolute Gasteiger partial charge is 0.496 e.